The summed E-state index contributed by atoms with van der Waals surface area (Å²) in [6.07, 6.45) is 6.47. The van der Waals surface area contributed by atoms with Gasteiger partial charge < -0.3 is 10.2 Å². The maximum absolute atomic E-state index is 12.8. The first-order valence-electron chi connectivity index (χ1n) is 8.10. The van der Waals surface area contributed by atoms with Gasteiger partial charge in [0.2, 0.25) is 11.8 Å². The average molecular weight is 280 g/mol. The lowest BCUT2D eigenvalue weighted by Crippen LogP contribution is -2.52. The third kappa shape index (κ3) is 3.33. The van der Waals surface area contributed by atoms with Crippen LogP contribution in [-0.2, 0) is 9.59 Å². The number of hydrogen-bond donors (Lipinski definition) is 1. The fourth-order valence-electron chi connectivity index (χ4n) is 3.54. The monoisotopic (exact) mass is 280 g/mol. The zero-order valence-electron chi connectivity index (χ0n) is 13.0. The Morgan fingerprint density at radius 2 is 1.85 bits per heavy atom. The SMILES string of the molecule is CC(C)C1NC(=O)CCN(C2CCCCCC2C)C1=O. The van der Waals surface area contributed by atoms with Gasteiger partial charge in [-0.15, -0.1) is 0 Å². The van der Waals surface area contributed by atoms with Crippen LogP contribution in [0.25, 0.3) is 0 Å². The molecule has 114 valence electrons. The molecule has 3 atom stereocenters. The minimum atomic E-state index is -0.347. The molecule has 4 heteroatoms. The minimum absolute atomic E-state index is 0.0147. The first kappa shape index (κ1) is 15.3. The van der Waals surface area contributed by atoms with Crippen LogP contribution in [0, 0.1) is 11.8 Å². The number of carbonyl (C=O) groups is 2. The number of nitrogens with one attached hydrogen (secondary N) is 1. The van der Waals surface area contributed by atoms with E-state index in [4.69, 9.17) is 0 Å². The summed E-state index contributed by atoms with van der Waals surface area (Å²) < 4.78 is 0. The van der Waals surface area contributed by atoms with Crippen molar-refractivity contribution >= 4 is 11.8 Å². The van der Waals surface area contributed by atoms with Gasteiger partial charge in [0, 0.05) is 19.0 Å². The van der Waals surface area contributed by atoms with Crippen LogP contribution in [0.1, 0.15) is 59.3 Å². The van der Waals surface area contributed by atoms with Crippen LogP contribution < -0.4 is 5.32 Å². The summed E-state index contributed by atoms with van der Waals surface area (Å²) in [5.41, 5.74) is 0. The summed E-state index contributed by atoms with van der Waals surface area (Å²) in [5, 5.41) is 2.90. The minimum Gasteiger partial charge on any atom is -0.344 e. The van der Waals surface area contributed by atoms with Gasteiger partial charge in [-0.25, -0.2) is 0 Å². The molecule has 2 amide bonds. The summed E-state index contributed by atoms with van der Waals surface area (Å²) in [6.45, 7) is 6.85. The molecule has 2 aliphatic rings. The fraction of sp³-hybridized carbons (Fsp3) is 0.875. The van der Waals surface area contributed by atoms with Crippen LogP contribution in [0.15, 0.2) is 0 Å². The highest BCUT2D eigenvalue weighted by Crippen LogP contribution is 2.29. The molecule has 0 bridgehead atoms. The van der Waals surface area contributed by atoms with Gasteiger partial charge in [-0.3, -0.25) is 9.59 Å². The Kier molecular flexibility index (Phi) is 5.06. The maximum atomic E-state index is 12.8. The highest BCUT2D eigenvalue weighted by Gasteiger charge is 2.37. The zero-order chi connectivity index (χ0) is 14.7. The summed E-state index contributed by atoms with van der Waals surface area (Å²) >= 11 is 0. The molecule has 1 N–H and O–H groups in total. The van der Waals surface area contributed by atoms with Crippen LogP contribution in [0.4, 0.5) is 0 Å². The molecule has 1 saturated carbocycles. The van der Waals surface area contributed by atoms with E-state index in [2.05, 4.69) is 12.2 Å². The summed E-state index contributed by atoms with van der Waals surface area (Å²) in [7, 11) is 0. The predicted molar refractivity (Wildman–Crippen MR) is 79.1 cm³/mol. The number of nitrogens with zero attached hydrogens (tertiary/aromatic N) is 1. The van der Waals surface area contributed by atoms with Crippen LogP contribution in [0.2, 0.25) is 0 Å². The molecule has 2 fully saturated rings. The zero-order valence-corrected chi connectivity index (χ0v) is 13.0. The predicted octanol–water partition coefficient (Wildman–Crippen LogP) is 2.33. The molecule has 1 heterocycles. The van der Waals surface area contributed by atoms with Crippen LogP contribution in [0.5, 0.6) is 0 Å². The van der Waals surface area contributed by atoms with Crippen LogP contribution in [-0.4, -0.2) is 35.3 Å². The standard InChI is InChI=1S/C16H28N2O2/c1-11(2)15-16(20)18(10-9-14(19)17-15)13-8-6-4-5-7-12(13)3/h11-13,15H,4-10H2,1-3H3,(H,17,19). The Morgan fingerprint density at radius 1 is 1.15 bits per heavy atom. The van der Waals surface area contributed by atoms with E-state index in [1.807, 2.05) is 18.7 Å². The van der Waals surface area contributed by atoms with Gasteiger partial charge in [-0.2, -0.15) is 0 Å². The molecule has 0 aromatic carbocycles. The Hall–Kier alpha value is -1.06. The molecule has 1 aliphatic heterocycles. The number of amides is 2. The van der Waals surface area contributed by atoms with E-state index in [0.29, 0.717) is 24.9 Å². The molecule has 1 aliphatic carbocycles. The van der Waals surface area contributed by atoms with Crippen molar-refractivity contribution in [2.24, 2.45) is 11.8 Å². The topological polar surface area (TPSA) is 49.4 Å². The van der Waals surface area contributed by atoms with E-state index < -0.39 is 0 Å². The van der Waals surface area contributed by atoms with Crippen molar-refractivity contribution in [1.29, 1.82) is 0 Å². The number of rotatable bonds is 2. The van der Waals surface area contributed by atoms with E-state index in [-0.39, 0.29) is 23.8 Å². The Bertz CT molecular complexity index is 367. The number of hydrogen-bond acceptors (Lipinski definition) is 2. The fourth-order valence-corrected chi connectivity index (χ4v) is 3.54. The first-order chi connectivity index (χ1) is 9.50. The third-order valence-corrected chi connectivity index (χ3v) is 4.83. The molecule has 0 spiro atoms. The van der Waals surface area contributed by atoms with Gasteiger partial charge in [0.05, 0.1) is 0 Å². The van der Waals surface area contributed by atoms with Crippen LogP contribution in [0.3, 0.4) is 0 Å². The van der Waals surface area contributed by atoms with E-state index in [1.165, 1.54) is 25.7 Å². The average Bonchev–Trinajstić information content (AvgIpc) is 2.68. The quantitative estimate of drug-likeness (QED) is 0.789. The highest BCUT2D eigenvalue weighted by molar-refractivity contribution is 5.90. The van der Waals surface area contributed by atoms with Gasteiger partial charge in [-0.1, -0.05) is 40.0 Å². The van der Waals surface area contributed by atoms with Gasteiger partial charge in [0.1, 0.15) is 6.04 Å². The molecule has 0 radical (unpaired) electrons. The summed E-state index contributed by atoms with van der Waals surface area (Å²) in [4.78, 5) is 26.6. The highest BCUT2D eigenvalue weighted by atomic mass is 16.2. The molecule has 4 nitrogen and oxygen atoms in total. The largest absolute Gasteiger partial charge is 0.344 e. The summed E-state index contributed by atoms with van der Waals surface area (Å²) in [6, 6.07) is -0.0283. The molecule has 20 heavy (non-hydrogen) atoms. The van der Waals surface area contributed by atoms with E-state index in [0.717, 1.165) is 6.42 Å². The first-order valence-corrected chi connectivity index (χ1v) is 8.10. The lowest BCUT2D eigenvalue weighted by atomic mass is 9.93. The molecule has 2 rings (SSSR count). The van der Waals surface area contributed by atoms with E-state index >= 15 is 0 Å². The van der Waals surface area contributed by atoms with Crippen molar-refractivity contribution in [2.75, 3.05) is 6.54 Å². The van der Waals surface area contributed by atoms with Gasteiger partial charge in [0.25, 0.3) is 0 Å². The molecular formula is C16H28N2O2. The third-order valence-electron chi connectivity index (χ3n) is 4.83. The van der Waals surface area contributed by atoms with E-state index in [9.17, 15) is 9.59 Å². The molecular weight excluding hydrogens is 252 g/mol. The van der Waals surface area contributed by atoms with Crippen molar-refractivity contribution in [1.82, 2.24) is 10.2 Å². The van der Waals surface area contributed by atoms with Crippen molar-refractivity contribution in [3.05, 3.63) is 0 Å². The second-order valence-corrected chi connectivity index (χ2v) is 6.75. The molecule has 1 saturated heterocycles. The summed E-state index contributed by atoms with van der Waals surface area (Å²) in [5.74, 6) is 0.834. The second kappa shape index (κ2) is 6.59. The molecule has 0 aromatic rings. The lowest BCUT2D eigenvalue weighted by Gasteiger charge is -2.36. The normalized spacial score (nSPS) is 32.8. The Balaban J connectivity index is 2.19. The van der Waals surface area contributed by atoms with Gasteiger partial charge in [-0.05, 0) is 24.7 Å². The number of carbonyl (C=O) groups excluding carboxylic acids is 2. The maximum Gasteiger partial charge on any atom is 0.245 e. The van der Waals surface area contributed by atoms with Crippen molar-refractivity contribution in [2.45, 2.75) is 71.4 Å². The lowest BCUT2D eigenvalue weighted by molar-refractivity contribution is -0.137. The second-order valence-electron chi connectivity index (χ2n) is 6.75. The van der Waals surface area contributed by atoms with E-state index in [1.54, 1.807) is 0 Å². The Morgan fingerprint density at radius 3 is 2.55 bits per heavy atom. The van der Waals surface area contributed by atoms with Crippen molar-refractivity contribution in [3.8, 4) is 0 Å². The molecule has 0 aromatic heterocycles. The van der Waals surface area contributed by atoms with Crippen LogP contribution >= 0.6 is 0 Å². The van der Waals surface area contributed by atoms with Crippen molar-refractivity contribution < 1.29 is 9.59 Å². The Labute approximate surface area is 122 Å². The van der Waals surface area contributed by atoms with Gasteiger partial charge in [0.15, 0.2) is 0 Å². The smallest absolute Gasteiger partial charge is 0.245 e. The van der Waals surface area contributed by atoms with Crippen molar-refractivity contribution in [3.63, 3.8) is 0 Å². The van der Waals surface area contributed by atoms with Gasteiger partial charge >= 0.3 is 0 Å². The molecule has 3 unspecified atom stereocenters.